The average molecular weight is 472 g/mol. The van der Waals surface area contributed by atoms with Gasteiger partial charge in [0.25, 0.3) is 0 Å². The summed E-state index contributed by atoms with van der Waals surface area (Å²) in [6.07, 6.45) is 2.41. The number of nitrogens with zero attached hydrogens (tertiary/aromatic N) is 4. The van der Waals surface area contributed by atoms with Crippen molar-refractivity contribution in [2.45, 2.75) is 37.5 Å². The topological polar surface area (TPSA) is 72.3 Å². The molecule has 1 unspecified atom stereocenters. The number of methoxy groups -OCH3 is 1. The van der Waals surface area contributed by atoms with Crippen LogP contribution in [0.2, 0.25) is 0 Å². The summed E-state index contributed by atoms with van der Waals surface area (Å²) in [6, 6.07) is 12.4. The van der Waals surface area contributed by atoms with Gasteiger partial charge in [0.1, 0.15) is 5.75 Å². The van der Waals surface area contributed by atoms with Gasteiger partial charge in [0.05, 0.1) is 23.8 Å². The monoisotopic (exact) mass is 471 g/mol. The zero-order valence-corrected chi connectivity index (χ0v) is 20.1. The number of benzene rings is 1. The van der Waals surface area contributed by atoms with Crippen molar-refractivity contribution in [3.63, 3.8) is 0 Å². The standard InChI is InChI=1S/C23H29N5O2S2/c1-3-28-22(20-7-6-14-31-20)25-26-23(28)32-16-21(29)24-15-19(27-12-4-5-13-27)17-8-10-18(30-2)11-9-17/h6-11,14,19H,3-5,12-13,15-16H2,1-2H3,(H,24,29). The first-order chi connectivity index (χ1) is 15.7. The van der Waals surface area contributed by atoms with Crippen LogP contribution < -0.4 is 10.1 Å². The molecule has 3 heterocycles. The second-order valence-corrected chi connectivity index (χ2v) is 9.54. The molecule has 1 N–H and O–H groups in total. The maximum Gasteiger partial charge on any atom is 0.230 e. The smallest absolute Gasteiger partial charge is 0.230 e. The molecule has 1 atom stereocenters. The van der Waals surface area contributed by atoms with E-state index < -0.39 is 0 Å². The van der Waals surface area contributed by atoms with E-state index in [1.807, 2.05) is 29.6 Å². The van der Waals surface area contributed by atoms with Gasteiger partial charge in [-0.25, -0.2) is 0 Å². The summed E-state index contributed by atoms with van der Waals surface area (Å²) in [5.74, 6) is 2.03. The third-order valence-corrected chi connectivity index (χ3v) is 7.51. The first kappa shape index (κ1) is 22.8. The van der Waals surface area contributed by atoms with Gasteiger partial charge in [-0.3, -0.25) is 9.69 Å². The number of nitrogens with one attached hydrogen (secondary N) is 1. The quantitative estimate of drug-likeness (QED) is 0.449. The lowest BCUT2D eigenvalue weighted by Crippen LogP contribution is -2.37. The molecule has 32 heavy (non-hydrogen) atoms. The zero-order valence-electron chi connectivity index (χ0n) is 18.5. The molecule has 1 aliphatic heterocycles. The minimum Gasteiger partial charge on any atom is -0.497 e. The van der Waals surface area contributed by atoms with E-state index in [2.05, 4.69) is 44.0 Å². The second kappa shape index (κ2) is 11.0. The summed E-state index contributed by atoms with van der Waals surface area (Å²) < 4.78 is 7.36. The number of aromatic nitrogens is 3. The van der Waals surface area contributed by atoms with Crippen molar-refractivity contribution in [2.75, 3.05) is 32.5 Å². The van der Waals surface area contributed by atoms with Gasteiger partial charge in [-0.2, -0.15) is 0 Å². The third kappa shape index (κ3) is 5.33. The molecule has 4 rings (SSSR count). The lowest BCUT2D eigenvalue weighted by Gasteiger charge is -2.28. The van der Waals surface area contributed by atoms with Crippen LogP contribution in [0, 0.1) is 0 Å². The van der Waals surface area contributed by atoms with Crippen LogP contribution in [0.4, 0.5) is 0 Å². The molecule has 0 aliphatic carbocycles. The van der Waals surface area contributed by atoms with E-state index in [4.69, 9.17) is 4.74 Å². The highest BCUT2D eigenvalue weighted by molar-refractivity contribution is 7.99. The van der Waals surface area contributed by atoms with Crippen LogP contribution in [-0.2, 0) is 11.3 Å². The van der Waals surface area contributed by atoms with Crippen LogP contribution >= 0.6 is 23.1 Å². The van der Waals surface area contributed by atoms with Crippen LogP contribution in [-0.4, -0.2) is 58.1 Å². The Morgan fingerprint density at radius 1 is 1.22 bits per heavy atom. The molecule has 7 nitrogen and oxygen atoms in total. The van der Waals surface area contributed by atoms with Gasteiger partial charge < -0.3 is 14.6 Å². The Labute approximate surface area is 197 Å². The van der Waals surface area contributed by atoms with Crippen LogP contribution in [0.15, 0.2) is 46.9 Å². The number of amides is 1. The van der Waals surface area contributed by atoms with Gasteiger partial charge in [0, 0.05) is 13.1 Å². The molecule has 0 saturated carbocycles. The SMILES string of the molecule is CCn1c(SCC(=O)NCC(c2ccc(OC)cc2)N2CCCC2)nnc1-c1cccs1. The number of thiophene rings is 1. The molecule has 3 aromatic rings. The Morgan fingerprint density at radius 3 is 2.66 bits per heavy atom. The van der Waals surface area contributed by atoms with Crippen molar-refractivity contribution in [1.82, 2.24) is 25.0 Å². The number of carbonyl (C=O) groups excluding carboxylic acids is 1. The molecular formula is C23H29N5O2S2. The average Bonchev–Trinajstić information content (AvgIpc) is 3.60. The Hall–Kier alpha value is -2.36. The van der Waals surface area contributed by atoms with Crippen molar-refractivity contribution in [3.8, 4) is 16.5 Å². The summed E-state index contributed by atoms with van der Waals surface area (Å²) in [5, 5.41) is 14.6. The Kier molecular flexibility index (Phi) is 7.83. The van der Waals surface area contributed by atoms with Crippen molar-refractivity contribution in [2.24, 2.45) is 0 Å². The van der Waals surface area contributed by atoms with Gasteiger partial charge in [-0.05, 0) is 62.0 Å². The van der Waals surface area contributed by atoms with Gasteiger partial charge in [0.15, 0.2) is 11.0 Å². The van der Waals surface area contributed by atoms with Crippen LogP contribution in [0.1, 0.15) is 31.4 Å². The molecule has 9 heteroatoms. The fourth-order valence-electron chi connectivity index (χ4n) is 4.00. The van der Waals surface area contributed by atoms with E-state index in [0.717, 1.165) is 41.2 Å². The summed E-state index contributed by atoms with van der Waals surface area (Å²) in [7, 11) is 1.67. The molecular weight excluding hydrogens is 442 g/mol. The summed E-state index contributed by atoms with van der Waals surface area (Å²) in [4.78, 5) is 16.2. The maximum absolute atomic E-state index is 12.7. The van der Waals surface area contributed by atoms with Gasteiger partial charge >= 0.3 is 0 Å². The predicted octanol–water partition coefficient (Wildman–Crippen LogP) is 4.08. The number of carbonyl (C=O) groups is 1. The van der Waals surface area contributed by atoms with Crippen molar-refractivity contribution >= 4 is 29.0 Å². The summed E-state index contributed by atoms with van der Waals surface area (Å²) in [5.41, 5.74) is 1.20. The third-order valence-electron chi connectivity index (χ3n) is 5.68. The zero-order chi connectivity index (χ0) is 22.3. The first-order valence-corrected chi connectivity index (χ1v) is 12.8. The van der Waals surface area contributed by atoms with Crippen molar-refractivity contribution in [1.29, 1.82) is 0 Å². The number of hydrogen-bond acceptors (Lipinski definition) is 7. The molecule has 1 amide bonds. The van der Waals surface area contributed by atoms with Gasteiger partial charge in [-0.15, -0.1) is 21.5 Å². The van der Waals surface area contributed by atoms with E-state index in [1.54, 1.807) is 18.4 Å². The van der Waals surface area contributed by atoms with E-state index in [-0.39, 0.29) is 11.9 Å². The second-order valence-electron chi connectivity index (χ2n) is 7.65. The predicted molar refractivity (Wildman–Crippen MR) is 129 cm³/mol. The molecule has 1 aliphatic rings. The number of likely N-dealkylation sites (tertiary alicyclic amines) is 1. The van der Waals surface area contributed by atoms with Crippen LogP contribution in [0.5, 0.6) is 5.75 Å². The lowest BCUT2D eigenvalue weighted by molar-refractivity contribution is -0.118. The Morgan fingerprint density at radius 2 is 2.00 bits per heavy atom. The molecule has 1 fully saturated rings. The Bertz CT molecular complexity index is 998. The van der Waals surface area contributed by atoms with Gasteiger partial charge in [0.2, 0.25) is 5.91 Å². The minimum absolute atomic E-state index is 0.0102. The summed E-state index contributed by atoms with van der Waals surface area (Å²) in [6.45, 7) is 5.55. The minimum atomic E-state index is 0.0102. The molecule has 0 bridgehead atoms. The normalized spacial score (nSPS) is 15.1. The van der Waals surface area contributed by atoms with Crippen LogP contribution in [0.25, 0.3) is 10.7 Å². The molecule has 2 aromatic heterocycles. The molecule has 0 spiro atoms. The van der Waals surface area contributed by atoms with Crippen molar-refractivity contribution < 1.29 is 9.53 Å². The molecule has 1 aromatic carbocycles. The highest BCUT2D eigenvalue weighted by Gasteiger charge is 2.24. The fourth-order valence-corrected chi connectivity index (χ4v) is 5.55. The highest BCUT2D eigenvalue weighted by Crippen LogP contribution is 2.28. The van der Waals surface area contributed by atoms with Crippen molar-refractivity contribution in [3.05, 3.63) is 47.3 Å². The number of ether oxygens (including phenoxy) is 1. The van der Waals surface area contributed by atoms with E-state index in [9.17, 15) is 4.79 Å². The van der Waals surface area contributed by atoms with E-state index >= 15 is 0 Å². The molecule has 1 saturated heterocycles. The number of hydrogen-bond donors (Lipinski definition) is 1. The van der Waals surface area contributed by atoms with Crippen LogP contribution in [0.3, 0.4) is 0 Å². The summed E-state index contributed by atoms with van der Waals surface area (Å²) >= 11 is 3.08. The van der Waals surface area contributed by atoms with E-state index in [0.29, 0.717) is 12.3 Å². The first-order valence-electron chi connectivity index (χ1n) is 10.9. The lowest BCUT2D eigenvalue weighted by atomic mass is 10.1. The maximum atomic E-state index is 12.7. The fraction of sp³-hybridized carbons (Fsp3) is 0.435. The molecule has 170 valence electrons. The number of thioether (sulfide) groups is 1. The van der Waals surface area contributed by atoms with Gasteiger partial charge in [-0.1, -0.05) is 30.0 Å². The largest absolute Gasteiger partial charge is 0.497 e. The Balaban J connectivity index is 1.36. The highest BCUT2D eigenvalue weighted by atomic mass is 32.2. The van der Waals surface area contributed by atoms with E-state index in [1.165, 1.54) is 30.2 Å². The molecule has 0 radical (unpaired) electrons. The number of rotatable bonds is 10.